The zero-order valence-corrected chi connectivity index (χ0v) is 18.7. The number of carbonyl (C=O) groups is 4. The number of hydrogen-bond donors (Lipinski definition) is 5. The number of nitrogens with one attached hydrogen (secondary N) is 3. The topological polar surface area (TPSA) is 151 Å². The molecule has 9 heteroatoms. The third-order valence-electron chi connectivity index (χ3n) is 5.03. The largest absolute Gasteiger partial charge is 0.480 e. The van der Waals surface area contributed by atoms with Gasteiger partial charge in [0.1, 0.15) is 18.1 Å². The van der Waals surface area contributed by atoms with Crippen LogP contribution < -0.4 is 21.7 Å². The van der Waals surface area contributed by atoms with E-state index in [0.29, 0.717) is 6.42 Å². The molecule has 0 aliphatic heterocycles. The summed E-state index contributed by atoms with van der Waals surface area (Å²) in [6, 6.07) is 14.3. The summed E-state index contributed by atoms with van der Waals surface area (Å²) >= 11 is 0. The number of rotatable bonds is 11. The van der Waals surface area contributed by atoms with Crippen LogP contribution in [0.25, 0.3) is 0 Å². The van der Waals surface area contributed by atoms with Gasteiger partial charge >= 0.3 is 5.97 Å². The van der Waals surface area contributed by atoms with Gasteiger partial charge in [-0.1, -0.05) is 60.7 Å². The molecule has 0 aromatic heterocycles. The summed E-state index contributed by atoms with van der Waals surface area (Å²) in [5.74, 6) is -2.91. The maximum atomic E-state index is 12.7. The molecule has 0 unspecified atom stereocenters. The van der Waals surface area contributed by atoms with Crippen LogP contribution in [-0.4, -0.2) is 53.0 Å². The number of amides is 3. The Morgan fingerprint density at radius 2 is 1.21 bits per heavy atom. The standard InChI is InChI=1S/C24H30N4O5/c1-15(26-22(30)19(25)13-17-9-5-3-6-10-17)21(29)28-20(14-18-11-7-4-8-12-18)23(31)27-16(2)24(32)33/h3-12,15-16,19-20H,13-14,25H2,1-2H3,(H,26,30)(H,27,31)(H,28,29)(H,32,33)/t15-,16-,19-,20-/m0/s1. The van der Waals surface area contributed by atoms with Crippen LogP contribution in [-0.2, 0) is 32.0 Å². The van der Waals surface area contributed by atoms with Gasteiger partial charge in [-0.3, -0.25) is 19.2 Å². The average molecular weight is 455 g/mol. The predicted octanol–water partition coefficient (Wildman–Crippen LogP) is 0.378. The molecule has 0 fully saturated rings. The van der Waals surface area contributed by atoms with Crippen LogP contribution in [0.2, 0.25) is 0 Å². The first-order valence-corrected chi connectivity index (χ1v) is 10.6. The van der Waals surface area contributed by atoms with Crippen LogP contribution in [0.15, 0.2) is 60.7 Å². The predicted molar refractivity (Wildman–Crippen MR) is 123 cm³/mol. The van der Waals surface area contributed by atoms with Crippen molar-refractivity contribution in [2.75, 3.05) is 0 Å². The maximum absolute atomic E-state index is 12.7. The van der Waals surface area contributed by atoms with E-state index in [4.69, 9.17) is 10.8 Å². The van der Waals surface area contributed by atoms with E-state index in [9.17, 15) is 19.2 Å². The van der Waals surface area contributed by atoms with Crippen molar-refractivity contribution in [2.45, 2.75) is 50.9 Å². The molecule has 0 saturated heterocycles. The van der Waals surface area contributed by atoms with Crippen molar-refractivity contribution in [3.05, 3.63) is 71.8 Å². The molecule has 33 heavy (non-hydrogen) atoms. The molecule has 0 heterocycles. The third-order valence-corrected chi connectivity index (χ3v) is 5.03. The highest BCUT2D eigenvalue weighted by atomic mass is 16.4. The van der Waals surface area contributed by atoms with Crippen molar-refractivity contribution in [1.29, 1.82) is 0 Å². The van der Waals surface area contributed by atoms with Crippen molar-refractivity contribution in [3.8, 4) is 0 Å². The summed E-state index contributed by atoms with van der Waals surface area (Å²) < 4.78 is 0. The lowest BCUT2D eigenvalue weighted by Gasteiger charge is -2.23. The minimum absolute atomic E-state index is 0.152. The monoisotopic (exact) mass is 454 g/mol. The van der Waals surface area contributed by atoms with Gasteiger partial charge in [0.05, 0.1) is 6.04 Å². The van der Waals surface area contributed by atoms with Gasteiger partial charge in [0, 0.05) is 6.42 Å². The molecule has 176 valence electrons. The molecule has 9 nitrogen and oxygen atoms in total. The average Bonchev–Trinajstić information content (AvgIpc) is 2.79. The van der Waals surface area contributed by atoms with Gasteiger partial charge in [-0.05, 0) is 31.4 Å². The Hall–Kier alpha value is -3.72. The van der Waals surface area contributed by atoms with Crippen LogP contribution in [0.4, 0.5) is 0 Å². The van der Waals surface area contributed by atoms with E-state index in [1.807, 2.05) is 36.4 Å². The summed E-state index contributed by atoms with van der Waals surface area (Å²) in [5.41, 5.74) is 7.64. The number of aliphatic carboxylic acids is 1. The first-order valence-electron chi connectivity index (χ1n) is 10.6. The zero-order valence-electron chi connectivity index (χ0n) is 18.7. The first-order chi connectivity index (χ1) is 15.7. The molecule has 0 bridgehead atoms. The van der Waals surface area contributed by atoms with Gasteiger partial charge in [0.2, 0.25) is 17.7 Å². The smallest absolute Gasteiger partial charge is 0.325 e. The summed E-state index contributed by atoms with van der Waals surface area (Å²) in [7, 11) is 0. The van der Waals surface area contributed by atoms with Crippen LogP contribution in [0.1, 0.15) is 25.0 Å². The van der Waals surface area contributed by atoms with Crippen molar-refractivity contribution >= 4 is 23.7 Å². The Morgan fingerprint density at radius 1 is 0.727 bits per heavy atom. The SMILES string of the molecule is C[C@H](NC(=O)[C@H](Cc1ccccc1)NC(=O)[C@H](C)NC(=O)[C@@H](N)Cc1ccccc1)C(=O)O. The Morgan fingerprint density at radius 3 is 1.73 bits per heavy atom. The zero-order chi connectivity index (χ0) is 24.4. The van der Waals surface area contributed by atoms with Crippen molar-refractivity contribution in [2.24, 2.45) is 5.73 Å². The van der Waals surface area contributed by atoms with Gasteiger partial charge in [-0.25, -0.2) is 0 Å². The van der Waals surface area contributed by atoms with Crippen molar-refractivity contribution in [3.63, 3.8) is 0 Å². The van der Waals surface area contributed by atoms with Gasteiger partial charge in [0.25, 0.3) is 0 Å². The van der Waals surface area contributed by atoms with Gasteiger partial charge < -0.3 is 26.8 Å². The lowest BCUT2D eigenvalue weighted by Crippen LogP contribution is -2.56. The second-order valence-electron chi connectivity index (χ2n) is 7.85. The van der Waals surface area contributed by atoms with Crippen molar-refractivity contribution < 1.29 is 24.3 Å². The molecule has 0 aliphatic rings. The number of carbonyl (C=O) groups excluding carboxylic acids is 3. The first kappa shape index (κ1) is 25.5. The minimum atomic E-state index is -1.19. The number of nitrogens with two attached hydrogens (primary N) is 1. The highest BCUT2D eigenvalue weighted by molar-refractivity contribution is 5.94. The van der Waals surface area contributed by atoms with Gasteiger partial charge in [0.15, 0.2) is 0 Å². The van der Waals surface area contributed by atoms with E-state index in [1.54, 1.807) is 24.3 Å². The Kier molecular flexibility index (Phi) is 9.56. The number of hydrogen-bond acceptors (Lipinski definition) is 5. The summed E-state index contributed by atoms with van der Waals surface area (Å²) in [5, 5.41) is 16.6. The van der Waals surface area contributed by atoms with E-state index in [0.717, 1.165) is 11.1 Å². The number of benzene rings is 2. The minimum Gasteiger partial charge on any atom is -0.480 e. The molecule has 6 N–H and O–H groups in total. The second kappa shape index (κ2) is 12.4. The number of carboxylic acids is 1. The summed E-state index contributed by atoms with van der Waals surface area (Å²) in [6.07, 6.45) is 0.464. The lowest BCUT2D eigenvalue weighted by atomic mass is 10.0. The molecule has 0 spiro atoms. The molecule has 2 aromatic rings. The molecular weight excluding hydrogens is 424 g/mol. The summed E-state index contributed by atoms with van der Waals surface area (Å²) in [4.78, 5) is 48.9. The van der Waals surface area contributed by atoms with Crippen LogP contribution in [0, 0.1) is 0 Å². The van der Waals surface area contributed by atoms with E-state index < -0.39 is 47.9 Å². The summed E-state index contributed by atoms with van der Waals surface area (Å²) in [6.45, 7) is 2.82. The number of carboxylic acid groups (broad SMARTS) is 1. The van der Waals surface area contributed by atoms with Gasteiger partial charge in [-0.15, -0.1) is 0 Å². The molecule has 2 aromatic carbocycles. The molecule has 0 saturated carbocycles. The Labute approximate surface area is 192 Å². The Balaban J connectivity index is 2.01. The molecule has 4 atom stereocenters. The van der Waals surface area contributed by atoms with Crippen LogP contribution in [0.5, 0.6) is 0 Å². The second-order valence-corrected chi connectivity index (χ2v) is 7.85. The third kappa shape index (κ3) is 8.38. The molecular formula is C24H30N4O5. The Bertz CT molecular complexity index is 952. The van der Waals surface area contributed by atoms with Crippen molar-refractivity contribution in [1.82, 2.24) is 16.0 Å². The maximum Gasteiger partial charge on any atom is 0.325 e. The van der Waals surface area contributed by atoms with E-state index in [1.165, 1.54) is 13.8 Å². The van der Waals surface area contributed by atoms with Gasteiger partial charge in [-0.2, -0.15) is 0 Å². The van der Waals surface area contributed by atoms with E-state index in [-0.39, 0.29) is 6.42 Å². The molecule has 0 aliphatic carbocycles. The molecule has 3 amide bonds. The van der Waals surface area contributed by atoms with E-state index in [2.05, 4.69) is 16.0 Å². The molecule has 0 radical (unpaired) electrons. The molecule has 2 rings (SSSR count). The normalized spacial score (nSPS) is 14.3. The highest BCUT2D eigenvalue weighted by Gasteiger charge is 2.27. The fourth-order valence-corrected chi connectivity index (χ4v) is 3.08. The fraction of sp³-hybridized carbons (Fsp3) is 0.333. The van der Waals surface area contributed by atoms with Crippen LogP contribution >= 0.6 is 0 Å². The fourth-order valence-electron chi connectivity index (χ4n) is 3.08. The van der Waals surface area contributed by atoms with Crippen LogP contribution in [0.3, 0.4) is 0 Å². The van der Waals surface area contributed by atoms with E-state index >= 15 is 0 Å². The highest BCUT2D eigenvalue weighted by Crippen LogP contribution is 2.05. The lowest BCUT2D eigenvalue weighted by molar-refractivity contribution is -0.141. The quantitative estimate of drug-likeness (QED) is 0.331.